The number of nitrogens with zero attached hydrogens (tertiary/aromatic N) is 1. The standard InChI is InChI=1S/C20H15F2N2O4S/c1-13-7-8-16(11-23-13)29(26,27)24-15-9-17(21)19(18(22)10-15)20(25)28-12-14-5-3-2-4-6-14/h2-11,24H,1,12H2. The molecule has 0 aliphatic rings. The highest BCUT2D eigenvalue weighted by Gasteiger charge is 2.22. The van der Waals surface area contributed by atoms with E-state index in [0.717, 1.165) is 6.20 Å². The zero-order valence-electron chi connectivity index (χ0n) is 14.9. The van der Waals surface area contributed by atoms with E-state index in [1.54, 1.807) is 30.3 Å². The van der Waals surface area contributed by atoms with Gasteiger partial charge >= 0.3 is 5.97 Å². The number of benzene rings is 2. The summed E-state index contributed by atoms with van der Waals surface area (Å²) in [6, 6.07) is 12.6. The maximum atomic E-state index is 14.3. The number of hydrogen-bond donors (Lipinski definition) is 1. The second kappa shape index (κ2) is 8.36. The lowest BCUT2D eigenvalue weighted by Crippen LogP contribution is -2.15. The average Bonchev–Trinajstić information content (AvgIpc) is 2.66. The third-order valence-electron chi connectivity index (χ3n) is 3.82. The fraction of sp³-hybridized carbons (Fsp3) is 0.0500. The van der Waals surface area contributed by atoms with Gasteiger partial charge in [0.25, 0.3) is 10.0 Å². The summed E-state index contributed by atoms with van der Waals surface area (Å²) in [6.45, 7) is 3.38. The molecular formula is C20H15F2N2O4S. The first-order valence-corrected chi connectivity index (χ1v) is 9.75. The lowest BCUT2D eigenvalue weighted by atomic mass is 10.2. The van der Waals surface area contributed by atoms with Crippen molar-refractivity contribution in [2.24, 2.45) is 0 Å². The number of anilines is 1. The number of rotatable bonds is 6. The zero-order valence-corrected chi connectivity index (χ0v) is 15.7. The van der Waals surface area contributed by atoms with Crippen LogP contribution in [0.5, 0.6) is 0 Å². The van der Waals surface area contributed by atoms with Crippen molar-refractivity contribution in [1.82, 2.24) is 4.98 Å². The van der Waals surface area contributed by atoms with Gasteiger partial charge in [0.2, 0.25) is 0 Å². The molecule has 1 aromatic heterocycles. The van der Waals surface area contributed by atoms with Crippen LogP contribution in [0, 0.1) is 18.6 Å². The number of nitrogens with one attached hydrogen (secondary N) is 1. The summed E-state index contributed by atoms with van der Waals surface area (Å²) < 4.78 is 60.2. The third kappa shape index (κ3) is 4.94. The number of hydrogen-bond acceptors (Lipinski definition) is 5. The summed E-state index contributed by atoms with van der Waals surface area (Å²) in [5.74, 6) is -3.72. The Morgan fingerprint density at radius 3 is 2.31 bits per heavy atom. The number of esters is 1. The lowest BCUT2D eigenvalue weighted by molar-refractivity contribution is 0.0461. The highest BCUT2D eigenvalue weighted by Crippen LogP contribution is 2.23. The van der Waals surface area contributed by atoms with Crippen molar-refractivity contribution in [3.8, 4) is 0 Å². The van der Waals surface area contributed by atoms with Gasteiger partial charge in [-0.2, -0.15) is 0 Å². The van der Waals surface area contributed by atoms with Gasteiger partial charge in [0.1, 0.15) is 28.7 Å². The van der Waals surface area contributed by atoms with Gasteiger partial charge in [0.05, 0.1) is 5.69 Å². The van der Waals surface area contributed by atoms with Gasteiger partial charge in [-0.15, -0.1) is 0 Å². The second-order valence-corrected chi connectivity index (χ2v) is 7.65. The van der Waals surface area contributed by atoms with E-state index in [1.165, 1.54) is 12.1 Å². The van der Waals surface area contributed by atoms with Crippen LogP contribution in [-0.2, 0) is 21.4 Å². The Kier molecular flexibility index (Phi) is 5.88. The van der Waals surface area contributed by atoms with Crippen molar-refractivity contribution in [2.75, 3.05) is 4.72 Å². The molecule has 1 heterocycles. The summed E-state index contributed by atoms with van der Waals surface area (Å²) in [5, 5.41) is 0. The quantitative estimate of drug-likeness (QED) is 0.618. The molecule has 1 radical (unpaired) electrons. The number of halogens is 2. The summed E-state index contributed by atoms with van der Waals surface area (Å²) in [5.41, 5.74) is -0.294. The SMILES string of the molecule is [CH2]c1ccc(S(=O)(=O)Nc2cc(F)c(C(=O)OCc3ccccc3)c(F)c2)cn1. The van der Waals surface area contributed by atoms with Gasteiger partial charge in [-0.1, -0.05) is 30.3 Å². The number of carbonyl (C=O) groups excluding carboxylic acids is 1. The Balaban J connectivity index is 1.78. The van der Waals surface area contributed by atoms with Crippen LogP contribution in [0.15, 0.2) is 65.7 Å². The molecule has 0 amide bonds. The summed E-state index contributed by atoms with van der Waals surface area (Å²) >= 11 is 0. The van der Waals surface area contributed by atoms with Crippen LogP contribution in [0.25, 0.3) is 0 Å². The van der Waals surface area contributed by atoms with E-state index in [9.17, 15) is 22.0 Å². The number of ether oxygens (including phenoxy) is 1. The van der Waals surface area contributed by atoms with E-state index >= 15 is 0 Å². The minimum atomic E-state index is -4.13. The molecule has 0 atom stereocenters. The van der Waals surface area contributed by atoms with E-state index in [0.29, 0.717) is 23.4 Å². The van der Waals surface area contributed by atoms with Crippen LogP contribution in [0.2, 0.25) is 0 Å². The molecule has 9 heteroatoms. The molecule has 149 valence electrons. The van der Waals surface area contributed by atoms with Gasteiger partial charge in [-0.05, 0) is 36.8 Å². The fourth-order valence-electron chi connectivity index (χ4n) is 2.41. The molecule has 29 heavy (non-hydrogen) atoms. The largest absolute Gasteiger partial charge is 0.457 e. The monoisotopic (exact) mass is 417 g/mol. The number of carbonyl (C=O) groups is 1. The molecule has 2 aromatic carbocycles. The minimum Gasteiger partial charge on any atom is -0.457 e. The summed E-state index contributed by atoms with van der Waals surface area (Å²) in [4.78, 5) is 15.6. The maximum Gasteiger partial charge on any atom is 0.344 e. The molecule has 0 spiro atoms. The van der Waals surface area contributed by atoms with E-state index in [4.69, 9.17) is 4.74 Å². The van der Waals surface area contributed by atoms with Crippen LogP contribution in [0.3, 0.4) is 0 Å². The molecular weight excluding hydrogens is 402 g/mol. The van der Waals surface area contributed by atoms with E-state index in [-0.39, 0.29) is 11.5 Å². The number of pyridine rings is 1. The molecule has 3 rings (SSSR count). The van der Waals surface area contributed by atoms with Crippen molar-refractivity contribution in [3.63, 3.8) is 0 Å². The van der Waals surface area contributed by atoms with Gasteiger partial charge in [0, 0.05) is 11.9 Å². The molecule has 0 fully saturated rings. The van der Waals surface area contributed by atoms with E-state index < -0.39 is 38.9 Å². The number of sulfonamides is 1. The topological polar surface area (TPSA) is 85.4 Å². The predicted molar refractivity (Wildman–Crippen MR) is 101 cm³/mol. The Morgan fingerprint density at radius 2 is 1.72 bits per heavy atom. The Hall–Kier alpha value is -3.33. The van der Waals surface area contributed by atoms with Crippen LogP contribution >= 0.6 is 0 Å². The minimum absolute atomic E-state index is 0.164. The highest BCUT2D eigenvalue weighted by atomic mass is 32.2. The maximum absolute atomic E-state index is 14.3. The Labute approximate surface area is 166 Å². The van der Waals surface area contributed by atoms with Crippen LogP contribution in [0.1, 0.15) is 21.6 Å². The number of aromatic nitrogens is 1. The average molecular weight is 417 g/mol. The lowest BCUT2D eigenvalue weighted by Gasteiger charge is -2.11. The predicted octanol–water partition coefficient (Wildman–Crippen LogP) is 3.70. The first-order valence-electron chi connectivity index (χ1n) is 8.27. The molecule has 6 nitrogen and oxygen atoms in total. The van der Waals surface area contributed by atoms with Crippen LogP contribution in [-0.4, -0.2) is 19.4 Å². The van der Waals surface area contributed by atoms with Crippen LogP contribution in [0.4, 0.5) is 14.5 Å². The Bertz CT molecular complexity index is 1110. The Morgan fingerprint density at radius 1 is 1.07 bits per heavy atom. The molecule has 0 saturated heterocycles. The first-order chi connectivity index (χ1) is 13.8. The van der Waals surface area contributed by atoms with Gasteiger partial charge < -0.3 is 4.74 Å². The molecule has 1 N–H and O–H groups in total. The zero-order chi connectivity index (χ0) is 21.0. The van der Waals surface area contributed by atoms with Crippen molar-refractivity contribution < 1.29 is 26.7 Å². The van der Waals surface area contributed by atoms with Gasteiger partial charge in [-0.25, -0.2) is 22.0 Å². The molecule has 0 aliphatic carbocycles. The first kappa shape index (κ1) is 20.4. The van der Waals surface area contributed by atoms with E-state index in [1.807, 2.05) is 4.72 Å². The van der Waals surface area contributed by atoms with Gasteiger partial charge in [0.15, 0.2) is 0 Å². The summed E-state index contributed by atoms with van der Waals surface area (Å²) in [6.07, 6.45) is 1.06. The van der Waals surface area contributed by atoms with Gasteiger partial charge in [-0.3, -0.25) is 9.71 Å². The normalized spacial score (nSPS) is 11.1. The summed E-state index contributed by atoms with van der Waals surface area (Å²) in [7, 11) is -4.13. The molecule has 0 unspecified atom stereocenters. The molecule has 0 aliphatic heterocycles. The van der Waals surface area contributed by atoms with Crippen LogP contribution < -0.4 is 4.72 Å². The van der Waals surface area contributed by atoms with Crippen molar-refractivity contribution in [2.45, 2.75) is 11.5 Å². The molecule has 0 bridgehead atoms. The highest BCUT2D eigenvalue weighted by molar-refractivity contribution is 7.92. The van der Waals surface area contributed by atoms with Crippen molar-refractivity contribution in [1.29, 1.82) is 0 Å². The van der Waals surface area contributed by atoms with E-state index in [2.05, 4.69) is 11.9 Å². The fourth-order valence-corrected chi connectivity index (χ4v) is 3.39. The van der Waals surface area contributed by atoms with Crippen molar-refractivity contribution in [3.05, 3.63) is 96.2 Å². The second-order valence-electron chi connectivity index (χ2n) is 5.97. The molecule has 3 aromatic rings. The molecule has 0 saturated carbocycles. The smallest absolute Gasteiger partial charge is 0.344 e. The third-order valence-corrected chi connectivity index (χ3v) is 5.19. The van der Waals surface area contributed by atoms with Crippen molar-refractivity contribution >= 4 is 21.7 Å².